The first-order valence-corrected chi connectivity index (χ1v) is 12.3. The Morgan fingerprint density at radius 1 is 0.974 bits per heavy atom. The van der Waals surface area contributed by atoms with Gasteiger partial charge >= 0.3 is 17.6 Å². The predicted octanol–water partition coefficient (Wildman–Crippen LogP) is 4.97. The molecule has 2 heterocycles. The number of ether oxygens (including phenoxy) is 3. The van der Waals surface area contributed by atoms with E-state index in [9.17, 15) is 19.7 Å². The van der Waals surface area contributed by atoms with Crippen molar-refractivity contribution in [3.05, 3.63) is 86.1 Å². The zero-order valence-electron chi connectivity index (χ0n) is 21.4. The average molecular weight is 536 g/mol. The van der Waals surface area contributed by atoms with Gasteiger partial charge in [-0.05, 0) is 37.6 Å². The molecule has 11 heteroatoms. The Hall–Kier alpha value is -4.51. The van der Waals surface area contributed by atoms with Crippen LogP contribution in [-0.2, 0) is 19.1 Å². The Kier molecular flexibility index (Phi) is 7.58. The van der Waals surface area contributed by atoms with Gasteiger partial charge in [0.2, 0.25) is 0 Å². The Bertz CT molecular complexity index is 1470. The predicted molar refractivity (Wildman–Crippen MR) is 142 cm³/mol. The normalized spacial score (nSPS) is 13.7. The molecule has 4 rings (SSSR count). The third-order valence-electron chi connectivity index (χ3n) is 6.21. The molecular formula is C27H25N3O7S. The fourth-order valence-corrected chi connectivity index (χ4v) is 5.30. The Morgan fingerprint density at radius 3 is 2.21 bits per heavy atom. The summed E-state index contributed by atoms with van der Waals surface area (Å²) in [5, 5.41) is 17.0. The van der Waals surface area contributed by atoms with Crippen molar-refractivity contribution in [2.75, 3.05) is 21.3 Å². The average Bonchev–Trinajstić information content (AvgIpc) is 3.42. The van der Waals surface area contributed by atoms with Crippen LogP contribution in [0.25, 0.3) is 21.8 Å². The zero-order valence-corrected chi connectivity index (χ0v) is 22.2. The molecule has 196 valence electrons. The number of nitrogens with zero attached hydrogens (tertiary/aromatic N) is 2. The first-order chi connectivity index (χ1) is 18.2. The molecule has 1 aliphatic rings. The molecule has 0 amide bonds. The number of nitro groups is 1. The molecule has 0 saturated heterocycles. The van der Waals surface area contributed by atoms with E-state index in [1.54, 1.807) is 19.9 Å². The fraction of sp³-hybridized carbons (Fsp3) is 0.222. The molecule has 0 radical (unpaired) electrons. The summed E-state index contributed by atoms with van der Waals surface area (Å²) in [6, 6.07) is 12.1. The van der Waals surface area contributed by atoms with Crippen molar-refractivity contribution < 1.29 is 28.7 Å². The van der Waals surface area contributed by atoms with Crippen LogP contribution < -0.4 is 10.1 Å². The standard InChI is InChI=1S/C27H25N3O7S/c1-14-22(26(31)36-4)24(23(15(2)28-14)27(32)37-5)17-7-6-8-18(11-17)25-29-19(13-38-25)16-9-10-21(35-3)20(12-16)30(33)34/h6-13,24,28H,1-5H3. The van der Waals surface area contributed by atoms with E-state index in [2.05, 4.69) is 5.32 Å². The third-order valence-corrected chi connectivity index (χ3v) is 7.10. The number of thiazole rings is 1. The number of hydrogen-bond donors (Lipinski definition) is 1. The van der Waals surface area contributed by atoms with Crippen LogP contribution in [0.2, 0.25) is 0 Å². The molecule has 1 N–H and O–H groups in total. The minimum Gasteiger partial charge on any atom is -0.490 e. The van der Waals surface area contributed by atoms with Crippen LogP contribution in [0.5, 0.6) is 5.75 Å². The van der Waals surface area contributed by atoms with Crippen molar-refractivity contribution in [3.8, 4) is 27.6 Å². The quantitative estimate of drug-likeness (QED) is 0.253. The second-order valence-corrected chi connectivity index (χ2v) is 9.28. The molecule has 38 heavy (non-hydrogen) atoms. The summed E-state index contributed by atoms with van der Waals surface area (Å²) < 4.78 is 15.2. The van der Waals surface area contributed by atoms with Crippen LogP contribution in [-0.4, -0.2) is 43.2 Å². The van der Waals surface area contributed by atoms with Gasteiger partial charge in [0.15, 0.2) is 5.75 Å². The first-order valence-electron chi connectivity index (χ1n) is 11.4. The maximum atomic E-state index is 12.8. The summed E-state index contributed by atoms with van der Waals surface area (Å²) in [4.78, 5) is 41.2. The van der Waals surface area contributed by atoms with Crippen LogP contribution in [0.4, 0.5) is 5.69 Å². The lowest BCUT2D eigenvalue weighted by Crippen LogP contribution is -2.32. The van der Waals surface area contributed by atoms with Crippen LogP contribution in [0.15, 0.2) is 70.4 Å². The van der Waals surface area contributed by atoms with Crippen LogP contribution in [0.1, 0.15) is 25.3 Å². The number of hydrogen-bond acceptors (Lipinski definition) is 10. The molecule has 0 bridgehead atoms. The van der Waals surface area contributed by atoms with Crippen molar-refractivity contribution in [1.29, 1.82) is 0 Å². The molecule has 10 nitrogen and oxygen atoms in total. The highest BCUT2D eigenvalue weighted by Crippen LogP contribution is 2.41. The monoisotopic (exact) mass is 535 g/mol. The van der Waals surface area contributed by atoms with E-state index in [1.807, 2.05) is 29.6 Å². The van der Waals surface area contributed by atoms with Gasteiger partial charge in [0, 0.05) is 34.0 Å². The molecule has 0 atom stereocenters. The number of benzene rings is 2. The fourth-order valence-electron chi connectivity index (χ4n) is 4.47. The Morgan fingerprint density at radius 2 is 1.63 bits per heavy atom. The van der Waals surface area contributed by atoms with E-state index >= 15 is 0 Å². The number of aromatic nitrogens is 1. The maximum Gasteiger partial charge on any atom is 0.336 e. The molecule has 1 aromatic heterocycles. The molecule has 0 spiro atoms. The second-order valence-electron chi connectivity index (χ2n) is 8.43. The van der Waals surface area contributed by atoms with Gasteiger partial charge in [-0.2, -0.15) is 0 Å². The minimum atomic E-state index is -0.722. The minimum absolute atomic E-state index is 0.151. The second kappa shape index (κ2) is 10.9. The summed E-state index contributed by atoms with van der Waals surface area (Å²) in [5.41, 5.74) is 4.20. The third kappa shape index (κ3) is 4.88. The summed E-state index contributed by atoms with van der Waals surface area (Å²) in [5.74, 6) is -1.67. The van der Waals surface area contributed by atoms with Gasteiger partial charge in [-0.25, -0.2) is 14.6 Å². The lowest BCUT2D eigenvalue weighted by Gasteiger charge is -2.30. The number of nitro benzene ring substituents is 1. The Labute approximate surface area is 222 Å². The lowest BCUT2D eigenvalue weighted by atomic mass is 9.80. The van der Waals surface area contributed by atoms with E-state index in [4.69, 9.17) is 19.2 Å². The highest BCUT2D eigenvalue weighted by atomic mass is 32.1. The number of dihydropyridines is 1. The molecule has 1 aliphatic heterocycles. The van der Waals surface area contributed by atoms with Crippen LogP contribution in [0.3, 0.4) is 0 Å². The van der Waals surface area contributed by atoms with Gasteiger partial charge in [-0.1, -0.05) is 18.2 Å². The first kappa shape index (κ1) is 26.6. The molecule has 0 unspecified atom stereocenters. The van der Waals surface area contributed by atoms with E-state index in [-0.39, 0.29) is 11.4 Å². The van der Waals surface area contributed by atoms with Gasteiger partial charge in [0.25, 0.3) is 0 Å². The number of carbonyl (C=O) groups is 2. The largest absolute Gasteiger partial charge is 0.490 e. The van der Waals surface area contributed by atoms with Crippen LogP contribution >= 0.6 is 11.3 Å². The van der Waals surface area contributed by atoms with Gasteiger partial charge in [-0.15, -0.1) is 11.3 Å². The molecule has 0 fully saturated rings. The summed E-state index contributed by atoms with van der Waals surface area (Å²) in [7, 11) is 3.96. The molecule has 2 aromatic carbocycles. The molecular weight excluding hydrogens is 510 g/mol. The van der Waals surface area contributed by atoms with E-state index in [0.29, 0.717) is 44.4 Å². The number of esters is 2. The summed E-state index contributed by atoms with van der Waals surface area (Å²) >= 11 is 1.37. The molecule has 0 saturated carbocycles. The lowest BCUT2D eigenvalue weighted by molar-refractivity contribution is -0.385. The van der Waals surface area contributed by atoms with Crippen LogP contribution in [0, 0.1) is 10.1 Å². The number of carbonyl (C=O) groups excluding carboxylic acids is 2. The number of nitrogens with one attached hydrogen (secondary N) is 1. The van der Waals surface area contributed by atoms with Crippen molar-refractivity contribution in [2.45, 2.75) is 19.8 Å². The number of methoxy groups -OCH3 is 3. The highest BCUT2D eigenvalue weighted by Gasteiger charge is 2.37. The van der Waals surface area contributed by atoms with Gasteiger partial charge in [-0.3, -0.25) is 10.1 Å². The summed E-state index contributed by atoms with van der Waals surface area (Å²) in [6.45, 7) is 3.50. The highest BCUT2D eigenvalue weighted by molar-refractivity contribution is 7.13. The smallest absolute Gasteiger partial charge is 0.336 e. The number of rotatable bonds is 7. The van der Waals surface area contributed by atoms with Crippen molar-refractivity contribution >= 4 is 29.0 Å². The van der Waals surface area contributed by atoms with Gasteiger partial charge in [0.05, 0.1) is 49.0 Å². The van der Waals surface area contributed by atoms with Gasteiger partial charge < -0.3 is 19.5 Å². The van der Waals surface area contributed by atoms with E-state index in [0.717, 1.165) is 5.56 Å². The van der Waals surface area contributed by atoms with Crippen molar-refractivity contribution in [3.63, 3.8) is 0 Å². The Balaban J connectivity index is 1.78. The van der Waals surface area contributed by atoms with Gasteiger partial charge in [0.1, 0.15) is 5.01 Å². The zero-order chi connectivity index (χ0) is 27.6. The molecule has 3 aromatic rings. The van der Waals surface area contributed by atoms with Crippen molar-refractivity contribution in [2.24, 2.45) is 0 Å². The topological polar surface area (TPSA) is 130 Å². The van der Waals surface area contributed by atoms with E-state index in [1.165, 1.54) is 44.8 Å². The SMILES string of the molecule is COC(=O)C1=C(C)NC(C)=C(C(=O)OC)C1c1cccc(-c2nc(-c3ccc(OC)c([N+](=O)[O-])c3)cs2)c1. The number of allylic oxidation sites excluding steroid dienone is 2. The van der Waals surface area contributed by atoms with E-state index < -0.39 is 22.8 Å². The van der Waals surface area contributed by atoms with Crippen molar-refractivity contribution in [1.82, 2.24) is 10.3 Å². The molecule has 0 aliphatic carbocycles. The summed E-state index contributed by atoms with van der Waals surface area (Å²) in [6.07, 6.45) is 0. The maximum absolute atomic E-state index is 12.8.